The van der Waals surface area contributed by atoms with Crippen LogP contribution < -0.4 is 15.9 Å². The molecule has 0 aliphatic heterocycles. The maximum absolute atomic E-state index is 14.8. The van der Waals surface area contributed by atoms with Crippen molar-refractivity contribution in [3.8, 4) is 22.6 Å². The number of ether oxygens (including phenoxy) is 1. The Hall–Kier alpha value is -4.72. The predicted molar refractivity (Wildman–Crippen MR) is 278 cm³/mol. The van der Waals surface area contributed by atoms with Crippen molar-refractivity contribution in [2.45, 2.75) is 130 Å². The monoisotopic (exact) mass is 1080 g/mol. The number of aryl methyl sites for hydroxylation is 1. The Kier molecular flexibility index (Phi) is 27.8. The maximum Gasteiger partial charge on any atom is 0.488 e. The van der Waals surface area contributed by atoms with Crippen LogP contribution in [0.2, 0.25) is 0 Å². The Morgan fingerprint density at radius 3 is 1.90 bits per heavy atom. The van der Waals surface area contributed by atoms with E-state index in [-0.39, 0.29) is 43.2 Å². The zero-order valence-corrected chi connectivity index (χ0v) is 44.1. The van der Waals surface area contributed by atoms with Gasteiger partial charge in [-0.2, -0.15) is 8.42 Å². The van der Waals surface area contributed by atoms with E-state index in [2.05, 4.69) is 56.6 Å². The fourth-order valence-corrected chi connectivity index (χ4v) is 9.03. The van der Waals surface area contributed by atoms with Crippen LogP contribution in [0.5, 0.6) is 11.5 Å². The first-order chi connectivity index (χ1) is 33.3. The number of rotatable bonds is 15. The summed E-state index contributed by atoms with van der Waals surface area (Å²) in [5.41, 5.74) is 8.87. The van der Waals surface area contributed by atoms with Crippen molar-refractivity contribution in [2.24, 2.45) is 28.9 Å². The van der Waals surface area contributed by atoms with Gasteiger partial charge >= 0.3 is 19.1 Å². The van der Waals surface area contributed by atoms with Crippen molar-refractivity contribution in [1.82, 2.24) is 0 Å². The number of nitrogens with two attached hydrogens (primary N) is 1. The van der Waals surface area contributed by atoms with Gasteiger partial charge in [-0.1, -0.05) is 105 Å². The van der Waals surface area contributed by atoms with E-state index in [0.717, 1.165) is 93.1 Å². The SMILES string of the molecule is CC(C)(C)C1CCC(Oc2ccc(-c3cccc(CCCCC(=O)O)c3)cc2F)CC1.CC(C)C1CCC(OS(C)(=O)=O)CC1.NCCC(=O)O.O=Cc1cccc(B(O)O)c1.Oc1ccc(Br)cc1F. The van der Waals surface area contributed by atoms with Crippen molar-refractivity contribution < 1.29 is 65.9 Å². The molecule has 4 aromatic rings. The molecule has 2 aliphatic carbocycles. The Bertz CT molecular complexity index is 2350. The summed E-state index contributed by atoms with van der Waals surface area (Å²) in [4.78, 5) is 30.4. The second kappa shape index (κ2) is 31.7. The number of carboxylic acid groups (broad SMARTS) is 2. The van der Waals surface area contributed by atoms with Gasteiger partial charge in [0.2, 0.25) is 0 Å². The van der Waals surface area contributed by atoms with Gasteiger partial charge in [-0.15, -0.1) is 0 Å². The average molecular weight is 1080 g/mol. The summed E-state index contributed by atoms with van der Waals surface area (Å²) in [6.07, 6.45) is 12.6. The van der Waals surface area contributed by atoms with Crippen molar-refractivity contribution >= 4 is 56.9 Å². The summed E-state index contributed by atoms with van der Waals surface area (Å²) in [7, 11) is -4.77. The zero-order chi connectivity index (χ0) is 53.3. The van der Waals surface area contributed by atoms with E-state index in [1.807, 2.05) is 24.3 Å². The minimum absolute atomic E-state index is 0.0694. The van der Waals surface area contributed by atoms with Crippen molar-refractivity contribution in [1.29, 1.82) is 0 Å². The lowest BCUT2D eigenvalue weighted by Crippen LogP contribution is -2.30. The molecule has 2 aliphatic rings. The van der Waals surface area contributed by atoms with Crippen LogP contribution in [0.25, 0.3) is 11.1 Å². The summed E-state index contributed by atoms with van der Waals surface area (Å²) in [6.45, 7) is 11.6. The largest absolute Gasteiger partial charge is 0.505 e. The second-order valence-corrected chi connectivity index (χ2v) is 21.7. The molecule has 0 spiro atoms. The predicted octanol–water partition coefficient (Wildman–Crippen LogP) is 10.3. The van der Waals surface area contributed by atoms with Gasteiger partial charge in [0.25, 0.3) is 10.1 Å². The quantitative estimate of drug-likeness (QED) is 0.0282. The summed E-state index contributed by atoms with van der Waals surface area (Å²) < 4.78 is 60.5. The summed E-state index contributed by atoms with van der Waals surface area (Å²) >= 11 is 3.05. The number of phenols is 1. The molecule has 0 bridgehead atoms. The fourth-order valence-electron chi connectivity index (χ4n) is 8.01. The van der Waals surface area contributed by atoms with Crippen LogP contribution in [0.4, 0.5) is 8.78 Å². The normalized spacial score (nSPS) is 17.5. The van der Waals surface area contributed by atoms with E-state index >= 15 is 0 Å². The number of hydrogen-bond donors (Lipinski definition) is 6. The molecule has 4 aromatic carbocycles. The third-order valence-corrected chi connectivity index (χ3v) is 13.2. The van der Waals surface area contributed by atoms with Crippen LogP contribution in [0.15, 0.2) is 89.4 Å². The van der Waals surface area contributed by atoms with Crippen LogP contribution in [0.1, 0.15) is 128 Å². The summed E-state index contributed by atoms with van der Waals surface area (Å²) in [5.74, 6) is -0.344. The summed E-state index contributed by atoms with van der Waals surface area (Å²) in [6, 6.07) is 23.5. The smallest absolute Gasteiger partial charge is 0.488 e. The topological polar surface area (TPSA) is 231 Å². The summed E-state index contributed by atoms with van der Waals surface area (Å²) in [5, 5.41) is 42.6. The number of carbonyl (C=O) groups excluding carboxylic acids is 1. The molecule has 6 rings (SSSR count). The molecule has 0 amide bonds. The Morgan fingerprint density at radius 2 is 1.41 bits per heavy atom. The number of unbranched alkanes of at least 4 members (excludes halogenated alkanes) is 1. The molecule has 2 fully saturated rings. The number of aldehydes is 1. The molecule has 0 saturated heterocycles. The number of halogens is 3. The van der Waals surface area contributed by atoms with Gasteiger partial charge in [0.15, 0.2) is 23.1 Å². The molecule has 18 heteroatoms. The van der Waals surface area contributed by atoms with Crippen LogP contribution in [-0.4, -0.2) is 84.1 Å². The fraction of sp³-hybridized carbons (Fsp3) is 0.491. The highest BCUT2D eigenvalue weighted by Crippen LogP contribution is 2.39. The van der Waals surface area contributed by atoms with Crippen LogP contribution in [0, 0.1) is 34.8 Å². The second-order valence-electron chi connectivity index (χ2n) is 19.2. The number of aliphatic carboxylic acids is 2. The van der Waals surface area contributed by atoms with Gasteiger partial charge in [-0.05, 0) is 146 Å². The van der Waals surface area contributed by atoms with Gasteiger partial charge in [0.1, 0.15) is 6.29 Å². The number of hydrogen-bond acceptors (Lipinski definition) is 11. The van der Waals surface area contributed by atoms with E-state index in [0.29, 0.717) is 51.2 Å². The third-order valence-electron chi connectivity index (χ3n) is 12.1. The van der Waals surface area contributed by atoms with Gasteiger partial charge in [0.05, 0.1) is 24.9 Å². The first kappa shape index (κ1) is 62.4. The van der Waals surface area contributed by atoms with E-state index in [9.17, 15) is 31.6 Å². The lowest BCUT2D eigenvalue weighted by Gasteiger charge is -2.37. The Morgan fingerprint density at radius 1 is 0.803 bits per heavy atom. The van der Waals surface area contributed by atoms with Gasteiger partial charge < -0.3 is 35.8 Å². The Labute approximate surface area is 427 Å². The van der Waals surface area contributed by atoms with E-state index in [1.54, 1.807) is 30.3 Å². The molecule has 7 N–H and O–H groups in total. The first-order valence-electron chi connectivity index (χ1n) is 23.9. The average Bonchev–Trinajstić information content (AvgIpc) is 3.30. The minimum atomic E-state index is -3.26. The van der Waals surface area contributed by atoms with Gasteiger partial charge in [-0.3, -0.25) is 18.6 Å². The number of aromatic hydroxyl groups is 1. The number of benzene rings is 4. The van der Waals surface area contributed by atoms with Crippen molar-refractivity contribution in [3.63, 3.8) is 0 Å². The van der Waals surface area contributed by atoms with E-state index in [4.69, 9.17) is 40.0 Å². The molecular formula is C53H73BBrF2NO12S. The molecular weight excluding hydrogens is 1000 g/mol. The molecule has 0 radical (unpaired) electrons. The van der Waals surface area contributed by atoms with Gasteiger partial charge in [0, 0.05) is 23.0 Å². The van der Waals surface area contributed by atoms with Crippen molar-refractivity contribution in [3.05, 3.63) is 112 Å². The molecule has 392 valence electrons. The molecule has 0 unspecified atom stereocenters. The number of carboxylic acids is 2. The van der Waals surface area contributed by atoms with Crippen LogP contribution in [0.3, 0.4) is 0 Å². The molecule has 0 atom stereocenters. The highest BCUT2D eigenvalue weighted by molar-refractivity contribution is 9.10. The van der Waals surface area contributed by atoms with Crippen molar-refractivity contribution in [2.75, 3.05) is 12.8 Å². The van der Waals surface area contributed by atoms with E-state index < -0.39 is 35.0 Å². The third kappa shape index (κ3) is 26.0. The lowest BCUT2D eigenvalue weighted by molar-refractivity contribution is -0.138. The molecule has 13 nitrogen and oxygen atoms in total. The maximum atomic E-state index is 14.8. The highest BCUT2D eigenvalue weighted by Gasteiger charge is 2.31. The number of carbonyl (C=O) groups is 3. The first-order valence-corrected chi connectivity index (χ1v) is 26.5. The zero-order valence-electron chi connectivity index (χ0n) is 41.7. The standard InChI is InChI=1S/C27H35FO3.C10H20O3S.C7H7BO3.C6H4BrFO.C3H7NO2/c1-27(2,3)22-12-14-23(15-13-22)31-25-16-11-21(18-24(25)28)20-9-6-8-19(17-20)7-4-5-10-26(29)30;1-8(2)9-4-6-10(7-5-9)13-14(3,11)12;9-5-6-2-1-3-7(4-6)8(10)11;7-4-1-2-6(9)5(8)3-4;4-2-1-3(5)6/h6,8-9,11,16-18,22-23H,4-5,7,10,12-15H2,1-3H3,(H,29,30);8-10H,4-7H2,1-3H3;1-5,10-11H;1-3,9H;1-2,4H2,(H,5,6). The number of phenolic OH excluding ortho intramolecular Hbond substituents is 1. The molecule has 71 heavy (non-hydrogen) atoms. The van der Waals surface area contributed by atoms with E-state index in [1.165, 1.54) is 24.3 Å². The Balaban J connectivity index is 0.000000354. The van der Waals surface area contributed by atoms with Crippen LogP contribution in [-0.2, 0) is 30.3 Å². The minimum Gasteiger partial charge on any atom is -0.505 e. The molecule has 2 saturated carbocycles. The highest BCUT2D eigenvalue weighted by atomic mass is 79.9. The lowest BCUT2D eigenvalue weighted by atomic mass is 9.72. The molecule has 0 aromatic heterocycles. The van der Waals surface area contributed by atoms with Gasteiger partial charge in [-0.25, -0.2) is 8.78 Å². The molecule has 0 heterocycles. The van der Waals surface area contributed by atoms with Crippen LogP contribution >= 0.6 is 15.9 Å².